The van der Waals surface area contributed by atoms with Gasteiger partial charge in [-0.15, -0.1) is 0 Å². The van der Waals surface area contributed by atoms with Crippen molar-refractivity contribution in [2.75, 3.05) is 26.5 Å². The lowest BCUT2D eigenvalue weighted by Crippen LogP contribution is -2.39. The highest BCUT2D eigenvalue weighted by molar-refractivity contribution is 9.10. The smallest absolute Gasteiger partial charge is 0.257 e. The number of benzene rings is 1. The molecule has 1 aromatic rings. The number of nitrogens with zero attached hydrogens (tertiary/aromatic N) is 1. The third kappa shape index (κ3) is 3.45. The summed E-state index contributed by atoms with van der Waals surface area (Å²) in [6.45, 7) is 1.67. The summed E-state index contributed by atoms with van der Waals surface area (Å²) >= 11 is 5.30. The minimum Gasteiger partial charge on any atom is -0.496 e. The van der Waals surface area contributed by atoms with Crippen molar-refractivity contribution in [2.45, 2.75) is 18.1 Å². The second-order valence-electron chi connectivity index (χ2n) is 4.57. The first-order valence-corrected chi connectivity index (χ1v) is 8.39. The van der Waals surface area contributed by atoms with Gasteiger partial charge < -0.3 is 9.64 Å². The lowest BCUT2D eigenvalue weighted by molar-refractivity contribution is 0.0724. The zero-order valence-corrected chi connectivity index (χ0v) is 13.6. The third-order valence-corrected chi connectivity index (χ3v) is 5.09. The largest absolute Gasteiger partial charge is 0.496 e. The Labute approximate surface area is 126 Å². The number of hydrogen-bond acceptors (Lipinski definition) is 3. The summed E-state index contributed by atoms with van der Waals surface area (Å²) in [5.41, 5.74) is 0.638. The lowest BCUT2D eigenvalue weighted by Gasteiger charge is -2.31. The molecule has 1 aromatic carbocycles. The van der Waals surface area contributed by atoms with Crippen LogP contribution in [0, 0.1) is 0 Å². The zero-order valence-electron chi connectivity index (χ0n) is 11.2. The van der Waals surface area contributed by atoms with Crippen LogP contribution in [-0.4, -0.2) is 42.5 Å². The summed E-state index contributed by atoms with van der Waals surface area (Å²) in [5.74, 6) is 0.706. The molecule has 1 aliphatic heterocycles. The van der Waals surface area contributed by atoms with Gasteiger partial charge in [-0.25, -0.2) is 0 Å². The molecule has 0 aromatic heterocycles. The number of carbonyl (C=O) groups is 1. The quantitative estimate of drug-likeness (QED) is 0.841. The van der Waals surface area contributed by atoms with Gasteiger partial charge in [0.15, 0.2) is 0 Å². The Hall–Kier alpha value is -0.680. The van der Waals surface area contributed by atoms with E-state index >= 15 is 0 Å². The van der Waals surface area contributed by atoms with Gasteiger partial charge in [0.1, 0.15) is 5.75 Å². The van der Waals surface area contributed by atoms with Crippen LogP contribution < -0.4 is 4.74 Å². The molecular weight excluding hydrogens is 326 g/mol. The molecule has 5 heteroatoms. The second-order valence-corrected chi connectivity index (χ2v) is 6.63. The van der Waals surface area contributed by atoms with Crippen LogP contribution in [0.5, 0.6) is 5.75 Å². The molecule has 0 aliphatic carbocycles. The van der Waals surface area contributed by atoms with Crippen molar-refractivity contribution in [3.05, 3.63) is 28.2 Å². The highest BCUT2D eigenvalue weighted by Gasteiger charge is 2.25. The first-order chi connectivity index (χ1) is 9.15. The molecule has 1 heterocycles. The van der Waals surface area contributed by atoms with Crippen molar-refractivity contribution in [2.24, 2.45) is 0 Å². The number of likely N-dealkylation sites (tertiary alicyclic amines) is 1. The fourth-order valence-electron chi connectivity index (χ4n) is 2.31. The summed E-state index contributed by atoms with van der Waals surface area (Å²) in [6, 6.07) is 5.54. The topological polar surface area (TPSA) is 29.5 Å². The average Bonchev–Trinajstić information content (AvgIpc) is 2.46. The number of hydrogen-bond donors (Lipinski definition) is 0. The van der Waals surface area contributed by atoms with Crippen LogP contribution in [-0.2, 0) is 0 Å². The molecule has 104 valence electrons. The molecule has 1 fully saturated rings. The van der Waals surface area contributed by atoms with E-state index in [1.54, 1.807) is 7.11 Å². The van der Waals surface area contributed by atoms with E-state index < -0.39 is 0 Å². The van der Waals surface area contributed by atoms with E-state index in [9.17, 15) is 4.79 Å². The van der Waals surface area contributed by atoms with Crippen molar-refractivity contribution in [1.82, 2.24) is 4.90 Å². The Morgan fingerprint density at radius 2 is 2.11 bits per heavy atom. The number of carbonyl (C=O) groups excluding carboxylic acids is 1. The van der Waals surface area contributed by atoms with Gasteiger partial charge in [-0.1, -0.05) is 15.9 Å². The van der Waals surface area contributed by atoms with Crippen LogP contribution >= 0.6 is 27.7 Å². The molecule has 1 amide bonds. The van der Waals surface area contributed by atoms with Gasteiger partial charge in [0, 0.05) is 22.8 Å². The number of halogens is 1. The van der Waals surface area contributed by atoms with E-state index in [1.165, 1.54) is 0 Å². The Bertz CT molecular complexity index is 459. The van der Waals surface area contributed by atoms with Gasteiger partial charge in [0.25, 0.3) is 5.91 Å². The zero-order chi connectivity index (χ0) is 13.8. The maximum absolute atomic E-state index is 12.5. The standard InChI is InChI=1S/C14H18BrNO2S/c1-18-13-4-3-10(15)9-12(13)14(17)16-7-5-11(19-2)6-8-16/h3-4,9,11H,5-8H2,1-2H3. The van der Waals surface area contributed by atoms with Crippen LogP contribution in [0.3, 0.4) is 0 Å². The van der Waals surface area contributed by atoms with Crippen LogP contribution in [0.25, 0.3) is 0 Å². The summed E-state index contributed by atoms with van der Waals surface area (Å²) < 4.78 is 6.18. The lowest BCUT2D eigenvalue weighted by atomic mass is 10.1. The normalized spacial score (nSPS) is 16.5. The van der Waals surface area contributed by atoms with Crippen LogP contribution in [0.15, 0.2) is 22.7 Å². The van der Waals surface area contributed by atoms with Gasteiger partial charge in [-0.3, -0.25) is 4.79 Å². The van der Waals surface area contributed by atoms with Crippen molar-refractivity contribution < 1.29 is 9.53 Å². The number of thioether (sulfide) groups is 1. The summed E-state index contributed by atoms with van der Waals surface area (Å²) in [7, 11) is 1.60. The molecule has 0 atom stereocenters. The maximum atomic E-state index is 12.5. The molecule has 0 unspecified atom stereocenters. The number of amides is 1. The molecule has 0 bridgehead atoms. The monoisotopic (exact) mass is 343 g/mol. The highest BCUT2D eigenvalue weighted by Crippen LogP contribution is 2.27. The Balaban J connectivity index is 2.14. The first-order valence-electron chi connectivity index (χ1n) is 6.31. The molecule has 0 saturated carbocycles. The van der Waals surface area contributed by atoms with Gasteiger partial charge in [-0.05, 0) is 37.3 Å². The van der Waals surface area contributed by atoms with Crippen LogP contribution in [0.2, 0.25) is 0 Å². The van der Waals surface area contributed by atoms with Crippen molar-refractivity contribution in [1.29, 1.82) is 0 Å². The first kappa shape index (κ1) is 14.7. The van der Waals surface area contributed by atoms with E-state index in [-0.39, 0.29) is 5.91 Å². The molecule has 3 nitrogen and oxygen atoms in total. The minimum absolute atomic E-state index is 0.0673. The highest BCUT2D eigenvalue weighted by atomic mass is 79.9. The minimum atomic E-state index is 0.0673. The second kappa shape index (κ2) is 6.66. The SMILES string of the molecule is COc1ccc(Br)cc1C(=O)N1CCC(SC)CC1. The molecule has 19 heavy (non-hydrogen) atoms. The van der Waals surface area contributed by atoms with E-state index in [0.29, 0.717) is 16.6 Å². The third-order valence-electron chi connectivity index (χ3n) is 3.45. The number of rotatable bonds is 3. The van der Waals surface area contributed by atoms with Crippen LogP contribution in [0.4, 0.5) is 0 Å². The summed E-state index contributed by atoms with van der Waals surface area (Å²) in [6.07, 6.45) is 4.28. The Kier molecular flexibility index (Phi) is 5.16. The molecule has 0 N–H and O–H groups in total. The van der Waals surface area contributed by atoms with Crippen molar-refractivity contribution >= 4 is 33.6 Å². The van der Waals surface area contributed by atoms with Gasteiger partial charge in [-0.2, -0.15) is 11.8 Å². The fourth-order valence-corrected chi connectivity index (χ4v) is 3.36. The van der Waals surface area contributed by atoms with Gasteiger partial charge >= 0.3 is 0 Å². The summed E-state index contributed by atoms with van der Waals surface area (Å²) in [5, 5.41) is 0.688. The van der Waals surface area contributed by atoms with E-state index in [2.05, 4.69) is 22.2 Å². The van der Waals surface area contributed by atoms with E-state index in [0.717, 1.165) is 30.4 Å². The molecule has 2 rings (SSSR count). The maximum Gasteiger partial charge on any atom is 0.257 e. The molecule has 1 aliphatic rings. The Morgan fingerprint density at radius 1 is 1.42 bits per heavy atom. The number of piperidine rings is 1. The average molecular weight is 344 g/mol. The van der Waals surface area contributed by atoms with E-state index in [4.69, 9.17) is 4.74 Å². The molecule has 0 spiro atoms. The fraction of sp³-hybridized carbons (Fsp3) is 0.500. The molecule has 1 saturated heterocycles. The molecule has 0 radical (unpaired) electrons. The van der Waals surface area contributed by atoms with Gasteiger partial charge in [0.05, 0.1) is 12.7 Å². The van der Waals surface area contributed by atoms with Crippen molar-refractivity contribution in [3.8, 4) is 5.75 Å². The predicted molar refractivity (Wildman–Crippen MR) is 83.1 cm³/mol. The van der Waals surface area contributed by atoms with Crippen molar-refractivity contribution in [3.63, 3.8) is 0 Å². The Morgan fingerprint density at radius 3 is 2.68 bits per heavy atom. The summed E-state index contributed by atoms with van der Waals surface area (Å²) in [4.78, 5) is 14.5. The van der Waals surface area contributed by atoms with Crippen LogP contribution in [0.1, 0.15) is 23.2 Å². The molecular formula is C14H18BrNO2S. The number of methoxy groups -OCH3 is 1. The number of ether oxygens (including phenoxy) is 1. The predicted octanol–water partition coefficient (Wildman–Crippen LogP) is 3.43. The van der Waals surface area contributed by atoms with E-state index in [1.807, 2.05) is 34.9 Å². The van der Waals surface area contributed by atoms with Gasteiger partial charge in [0.2, 0.25) is 0 Å².